The average molecular weight is 244 g/mol. The summed E-state index contributed by atoms with van der Waals surface area (Å²) in [5, 5.41) is 3.42. The van der Waals surface area contributed by atoms with Gasteiger partial charge in [0.1, 0.15) is 11.6 Å². The van der Waals surface area contributed by atoms with Gasteiger partial charge in [-0.1, -0.05) is 11.6 Å². The van der Waals surface area contributed by atoms with E-state index < -0.39 is 0 Å². The summed E-state index contributed by atoms with van der Waals surface area (Å²) in [5.41, 5.74) is 0.377. The first kappa shape index (κ1) is 13.1. The lowest BCUT2D eigenvalue weighted by Crippen LogP contribution is -2.11. The van der Waals surface area contributed by atoms with Gasteiger partial charge < -0.3 is 5.32 Å². The van der Waals surface area contributed by atoms with Crippen LogP contribution in [0, 0.1) is 5.82 Å². The van der Waals surface area contributed by atoms with Gasteiger partial charge >= 0.3 is 0 Å². The van der Waals surface area contributed by atoms with Crippen molar-refractivity contribution in [2.75, 3.05) is 13.6 Å². The van der Waals surface area contributed by atoms with Gasteiger partial charge in [0.05, 0.1) is 0 Å². The van der Waals surface area contributed by atoms with Crippen LogP contribution >= 0.6 is 11.6 Å². The van der Waals surface area contributed by atoms with E-state index in [9.17, 15) is 9.18 Å². The lowest BCUT2D eigenvalue weighted by atomic mass is 10.1. The molecule has 0 unspecified atom stereocenters. The maximum absolute atomic E-state index is 13.3. The van der Waals surface area contributed by atoms with Crippen LogP contribution in [0.5, 0.6) is 0 Å². The first-order valence-electron chi connectivity index (χ1n) is 5.23. The van der Waals surface area contributed by atoms with Gasteiger partial charge in [0.2, 0.25) is 0 Å². The second-order valence-electron chi connectivity index (χ2n) is 3.66. The van der Waals surface area contributed by atoms with Gasteiger partial charge in [-0.25, -0.2) is 4.39 Å². The van der Waals surface area contributed by atoms with Crippen molar-refractivity contribution in [1.82, 2.24) is 5.32 Å². The predicted molar refractivity (Wildman–Crippen MR) is 63.3 cm³/mol. The van der Waals surface area contributed by atoms with Crippen molar-refractivity contribution in [3.8, 4) is 0 Å². The Labute approximate surface area is 99.8 Å². The van der Waals surface area contributed by atoms with E-state index >= 15 is 0 Å². The molecule has 0 aromatic heterocycles. The van der Waals surface area contributed by atoms with E-state index in [1.807, 2.05) is 7.05 Å². The summed E-state index contributed by atoms with van der Waals surface area (Å²) in [5.74, 6) is -0.331. The van der Waals surface area contributed by atoms with E-state index in [0.717, 1.165) is 13.0 Å². The number of rotatable bonds is 6. The Balaban J connectivity index is 2.52. The molecular weight excluding hydrogens is 229 g/mol. The molecule has 1 aromatic carbocycles. The van der Waals surface area contributed by atoms with Crippen molar-refractivity contribution in [3.05, 3.63) is 34.6 Å². The third-order valence-electron chi connectivity index (χ3n) is 2.28. The predicted octanol–water partition coefficient (Wildman–Crippen LogP) is 2.59. The molecule has 0 bridgehead atoms. The Kier molecular flexibility index (Phi) is 5.43. The summed E-state index contributed by atoms with van der Waals surface area (Å²) >= 11 is 5.74. The van der Waals surface area contributed by atoms with Crippen LogP contribution < -0.4 is 5.32 Å². The Morgan fingerprint density at radius 1 is 1.50 bits per heavy atom. The molecule has 1 N–H and O–H groups in total. The summed E-state index contributed by atoms with van der Waals surface area (Å²) in [4.78, 5) is 11.5. The van der Waals surface area contributed by atoms with Crippen molar-refractivity contribution in [2.45, 2.75) is 19.3 Å². The largest absolute Gasteiger partial charge is 0.320 e. The Morgan fingerprint density at radius 2 is 2.25 bits per heavy atom. The number of nitrogens with one attached hydrogen (secondary N) is 1. The molecule has 0 amide bonds. The second-order valence-corrected chi connectivity index (χ2v) is 4.09. The zero-order chi connectivity index (χ0) is 12.0. The summed E-state index contributed by atoms with van der Waals surface area (Å²) in [6.07, 6.45) is 1.36. The van der Waals surface area contributed by atoms with E-state index in [-0.39, 0.29) is 18.0 Å². The highest BCUT2D eigenvalue weighted by atomic mass is 35.5. The van der Waals surface area contributed by atoms with Gasteiger partial charge in [0.15, 0.2) is 0 Å². The lowest BCUT2D eigenvalue weighted by molar-refractivity contribution is -0.118. The molecule has 16 heavy (non-hydrogen) atoms. The highest BCUT2D eigenvalue weighted by Crippen LogP contribution is 2.16. The third kappa shape index (κ3) is 4.29. The number of benzene rings is 1. The minimum absolute atomic E-state index is 0.0383. The molecule has 0 atom stereocenters. The number of halogens is 2. The number of hydrogen-bond acceptors (Lipinski definition) is 2. The molecule has 0 aliphatic carbocycles. The summed E-state index contributed by atoms with van der Waals surface area (Å²) in [6, 6.07) is 4.28. The molecule has 2 nitrogen and oxygen atoms in total. The van der Waals surface area contributed by atoms with Crippen molar-refractivity contribution in [2.24, 2.45) is 0 Å². The third-order valence-corrected chi connectivity index (χ3v) is 2.51. The van der Waals surface area contributed by atoms with Gasteiger partial charge in [-0.05, 0) is 43.8 Å². The molecule has 0 spiro atoms. The molecule has 0 fully saturated rings. The van der Waals surface area contributed by atoms with Crippen molar-refractivity contribution >= 4 is 17.4 Å². The van der Waals surface area contributed by atoms with Gasteiger partial charge in [0.25, 0.3) is 0 Å². The zero-order valence-corrected chi connectivity index (χ0v) is 9.98. The van der Waals surface area contributed by atoms with Crippen molar-refractivity contribution in [3.63, 3.8) is 0 Å². The summed E-state index contributed by atoms with van der Waals surface area (Å²) < 4.78 is 13.3. The van der Waals surface area contributed by atoms with Crippen LogP contribution in [0.2, 0.25) is 5.02 Å². The topological polar surface area (TPSA) is 29.1 Å². The molecule has 0 aliphatic heterocycles. The molecule has 0 heterocycles. The SMILES string of the molecule is CNCCCC(=O)Cc1cc(Cl)ccc1F. The van der Waals surface area contributed by atoms with E-state index in [4.69, 9.17) is 11.6 Å². The molecule has 4 heteroatoms. The highest BCUT2D eigenvalue weighted by Gasteiger charge is 2.08. The fourth-order valence-corrected chi connectivity index (χ4v) is 1.64. The maximum atomic E-state index is 13.3. The first-order valence-corrected chi connectivity index (χ1v) is 5.61. The Morgan fingerprint density at radius 3 is 2.94 bits per heavy atom. The van der Waals surface area contributed by atoms with E-state index in [1.165, 1.54) is 18.2 Å². The van der Waals surface area contributed by atoms with Crippen LogP contribution in [-0.2, 0) is 11.2 Å². The smallest absolute Gasteiger partial charge is 0.137 e. The van der Waals surface area contributed by atoms with Crippen LogP contribution in [0.15, 0.2) is 18.2 Å². The molecule has 0 saturated heterocycles. The Bertz CT molecular complexity index is 368. The number of hydrogen-bond donors (Lipinski definition) is 1. The average Bonchev–Trinajstić information content (AvgIpc) is 2.24. The normalized spacial score (nSPS) is 10.4. The number of ketones is 1. The second kappa shape index (κ2) is 6.61. The van der Waals surface area contributed by atoms with Crippen LogP contribution in [0.3, 0.4) is 0 Å². The minimum atomic E-state index is -0.369. The lowest BCUT2D eigenvalue weighted by Gasteiger charge is -2.03. The van der Waals surface area contributed by atoms with Gasteiger partial charge in [0, 0.05) is 17.9 Å². The minimum Gasteiger partial charge on any atom is -0.320 e. The maximum Gasteiger partial charge on any atom is 0.137 e. The van der Waals surface area contributed by atoms with Crippen LogP contribution in [-0.4, -0.2) is 19.4 Å². The monoisotopic (exact) mass is 243 g/mol. The molecule has 0 aliphatic rings. The zero-order valence-electron chi connectivity index (χ0n) is 9.22. The first-order chi connectivity index (χ1) is 7.63. The van der Waals surface area contributed by atoms with E-state index in [2.05, 4.69) is 5.32 Å². The number of carbonyl (C=O) groups is 1. The van der Waals surface area contributed by atoms with E-state index in [1.54, 1.807) is 0 Å². The van der Waals surface area contributed by atoms with Gasteiger partial charge in [-0.3, -0.25) is 4.79 Å². The van der Waals surface area contributed by atoms with Crippen molar-refractivity contribution < 1.29 is 9.18 Å². The molecule has 1 aromatic rings. The van der Waals surface area contributed by atoms with Crippen LogP contribution in [0.1, 0.15) is 18.4 Å². The van der Waals surface area contributed by atoms with Crippen molar-refractivity contribution in [1.29, 1.82) is 0 Å². The molecular formula is C12H15ClFNO. The molecule has 1 rings (SSSR count). The summed E-state index contributed by atoms with van der Waals surface area (Å²) in [7, 11) is 1.83. The van der Waals surface area contributed by atoms with Gasteiger partial charge in [-0.2, -0.15) is 0 Å². The molecule has 0 saturated carbocycles. The van der Waals surface area contributed by atoms with Gasteiger partial charge in [-0.15, -0.1) is 0 Å². The molecule has 0 radical (unpaired) electrons. The van der Waals surface area contributed by atoms with Crippen LogP contribution in [0.4, 0.5) is 4.39 Å². The molecule has 88 valence electrons. The summed E-state index contributed by atoms with van der Waals surface area (Å²) in [6.45, 7) is 0.795. The van der Waals surface area contributed by atoms with E-state index in [0.29, 0.717) is 17.0 Å². The number of carbonyl (C=O) groups excluding carboxylic acids is 1. The fraction of sp³-hybridized carbons (Fsp3) is 0.417. The quantitative estimate of drug-likeness (QED) is 0.779. The standard InChI is InChI=1S/C12H15ClFNO/c1-15-6-2-3-11(16)8-9-7-10(13)4-5-12(9)14/h4-5,7,15H,2-3,6,8H2,1H3. The van der Waals surface area contributed by atoms with Crippen LogP contribution in [0.25, 0.3) is 0 Å². The fourth-order valence-electron chi connectivity index (χ4n) is 1.44. The number of Topliss-reactive ketones (excluding diaryl/α,β-unsaturated/α-hetero) is 1. The highest BCUT2D eigenvalue weighted by molar-refractivity contribution is 6.30. The Hall–Kier alpha value is -0.930.